The lowest BCUT2D eigenvalue weighted by atomic mass is 9.92. The Hall–Kier alpha value is -2.40. The standard InChI is InChI=1S/C26H36N4O/c1-21-8-9-24(18-22(21)2)20-28-13-5-6-23(19-28)10-11-26(31)30-16-14-29(15-17-30)25-7-3-4-12-27-25/h3-4,7-9,12,18,23H,5-6,10-11,13-17,19-20H2,1-2H3/t23-/m1/s1. The van der Waals surface area contributed by atoms with Crippen LogP contribution in [0.5, 0.6) is 0 Å². The number of anilines is 1. The van der Waals surface area contributed by atoms with E-state index in [2.05, 4.69) is 51.7 Å². The number of likely N-dealkylation sites (tertiary alicyclic amines) is 1. The maximum Gasteiger partial charge on any atom is 0.222 e. The van der Waals surface area contributed by atoms with Crippen LogP contribution in [0.3, 0.4) is 0 Å². The average Bonchev–Trinajstić information content (AvgIpc) is 2.81. The molecule has 1 atom stereocenters. The number of piperidine rings is 1. The quantitative estimate of drug-likeness (QED) is 0.707. The van der Waals surface area contributed by atoms with Gasteiger partial charge in [-0.3, -0.25) is 9.69 Å². The number of hydrogen-bond acceptors (Lipinski definition) is 4. The molecule has 0 aliphatic carbocycles. The maximum absolute atomic E-state index is 12.8. The first-order valence-corrected chi connectivity index (χ1v) is 11.8. The van der Waals surface area contributed by atoms with Crippen molar-refractivity contribution >= 4 is 11.7 Å². The summed E-state index contributed by atoms with van der Waals surface area (Å²) in [5, 5.41) is 0. The van der Waals surface area contributed by atoms with Crippen molar-refractivity contribution < 1.29 is 4.79 Å². The molecule has 0 spiro atoms. The van der Waals surface area contributed by atoms with E-state index in [1.807, 2.05) is 24.4 Å². The van der Waals surface area contributed by atoms with Gasteiger partial charge in [0, 0.05) is 51.9 Å². The van der Waals surface area contributed by atoms with Crippen LogP contribution in [-0.2, 0) is 11.3 Å². The summed E-state index contributed by atoms with van der Waals surface area (Å²) in [5.41, 5.74) is 4.14. The number of nitrogens with zero attached hydrogens (tertiary/aromatic N) is 4. The molecule has 0 bridgehead atoms. The van der Waals surface area contributed by atoms with E-state index in [1.165, 1.54) is 36.1 Å². The molecule has 2 aromatic rings. The van der Waals surface area contributed by atoms with Crippen molar-refractivity contribution in [2.24, 2.45) is 5.92 Å². The molecule has 2 fully saturated rings. The first-order chi connectivity index (χ1) is 15.1. The zero-order valence-electron chi connectivity index (χ0n) is 19.1. The molecule has 2 aliphatic heterocycles. The predicted octanol–water partition coefficient (Wildman–Crippen LogP) is 4.04. The van der Waals surface area contributed by atoms with Crippen LogP contribution in [-0.4, -0.2) is 60.0 Å². The van der Waals surface area contributed by atoms with Crippen molar-refractivity contribution in [1.29, 1.82) is 0 Å². The van der Waals surface area contributed by atoms with Gasteiger partial charge in [-0.15, -0.1) is 0 Å². The zero-order valence-corrected chi connectivity index (χ0v) is 19.1. The van der Waals surface area contributed by atoms with Crippen molar-refractivity contribution in [1.82, 2.24) is 14.8 Å². The smallest absolute Gasteiger partial charge is 0.222 e. The van der Waals surface area contributed by atoms with Gasteiger partial charge < -0.3 is 9.80 Å². The largest absolute Gasteiger partial charge is 0.353 e. The van der Waals surface area contributed by atoms with Crippen molar-refractivity contribution in [3.05, 3.63) is 59.3 Å². The molecule has 0 radical (unpaired) electrons. The number of piperazine rings is 1. The van der Waals surface area contributed by atoms with Crippen molar-refractivity contribution in [3.8, 4) is 0 Å². The number of rotatable bonds is 6. The lowest BCUT2D eigenvalue weighted by Gasteiger charge is -2.36. The van der Waals surface area contributed by atoms with E-state index in [9.17, 15) is 4.79 Å². The van der Waals surface area contributed by atoms with Gasteiger partial charge in [0.15, 0.2) is 0 Å². The predicted molar refractivity (Wildman–Crippen MR) is 126 cm³/mol. The Labute approximate surface area is 187 Å². The molecule has 5 nitrogen and oxygen atoms in total. The zero-order chi connectivity index (χ0) is 21.6. The van der Waals surface area contributed by atoms with Crippen molar-refractivity contribution in [3.63, 3.8) is 0 Å². The molecule has 1 aromatic heterocycles. The third-order valence-electron chi connectivity index (χ3n) is 6.95. The van der Waals surface area contributed by atoms with Crippen LogP contribution < -0.4 is 4.90 Å². The summed E-state index contributed by atoms with van der Waals surface area (Å²) in [5.74, 6) is 1.98. The number of carbonyl (C=O) groups excluding carboxylic acids is 1. The minimum Gasteiger partial charge on any atom is -0.353 e. The maximum atomic E-state index is 12.8. The number of pyridine rings is 1. The molecule has 3 heterocycles. The van der Waals surface area contributed by atoms with Gasteiger partial charge in [-0.05, 0) is 74.4 Å². The molecule has 1 amide bonds. The minimum atomic E-state index is 0.326. The van der Waals surface area contributed by atoms with Gasteiger partial charge in [0.1, 0.15) is 5.82 Å². The monoisotopic (exact) mass is 420 g/mol. The molecule has 1 aromatic carbocycles. The number of carbonyl (C=O) groups is 1. The summed E-state index contributed by atoms with van der Waals surface area (Å²) in [6.07, 6.45) is 6.03. The normalized spacial score (nSPS) is 20.1. The summed E-state index contributed by atoms with van der Waals surface area (Å²) >= 11 is 0. The second kappa shape index (κ2) is 10.3. The Morgan fingerprint density at radius 2 is 1.87 bits per heavy atom. The molecule has 0 N–H and O–H groups in total. The molecular weight excluding hydrogens is 384 g/mol. The van der Waals surface area contributed by atoms with E-state index in [0.717, 1.165) is 51.5 Å². The first kappa shape index (κ1) is 21.8. The Morgan fingerprint density at radius 1 is 1.03 bits per heavy atom. The van der Waals surface area contributed by atoms with Crippen LogP contribution in [0.1, 0.15) is 42.4 Å². The number of benzene rings is 1. The highest BCUT2D eigenvalue weighted by Crippen LogP contribution is 2.24. The average molecular weight is 421 g/mol. The van der Waals surface area contributed by atoms with Crippen LogP contribution in [0.25, 0.3) is 0 Å². The van der Waals surface area contributed by atoms with E-state index in [-0.39, 0.29) is 0 Å². The lowest BCUT2D eigenvalue weighted by Crippen LogP contribution is -2.49. The van der Waals surface area contributed by atoms with Gasteiger partial charge >= 0.3 is 0 Å². The number of hydrogen-bond donors (Lipinski definition) is 0. The Bertz CT molecular complexity index is 861. The third kappa shape index (κ3) is 5.85. The van der Waals surface area contributed by atoms with E-state index in [0.29, 0.717) is 18.2 Å². The lowest BCUT2D eigenvalue weighted by molar-refractivity contribution is -0.131. The minimum absolute atomic E-state index is 0.326. The summed E-state index contributed by atoms with van der Waals surface area (Å²) in [7, 11) is 0. The number of amides is 1. The number of aromatic nitrogens is 1. The van der Waals surface area contributed by atoms with Crippen LogP contribution in [0.2, 0.25) is 0 Å². The van der Waals surface area contributed by atoms with E-state index in [4.69, 9.17) is 0 Å². The summed E-state index contributed by atoms with van der Waals surface area (Å²) < 4.78 is 0. The SMILES string of the molecule is Cc1ccc(CN2CCC[C@H](CCC(=O)N3CCN(c4ccccn4)CC3)C2)cc1C. The second-order valence-electron chi connectivity index (χ2n) is 9.26. The highest BCUT2D eigenvalue weighted by molar-refractivity contribution is 5.76. The first-order valence-electron chi connectivity index (χ1n) is 11.8. The van der Waals surface area contributed by atoms with Gasteiger partial charge in [0.25, 0.3) is 0 Å². The van der Waals surface area contributed by atoms with Gasteiger partial charge in [-0.1, -0.05) is 24.3 Å². The molecule has 5 heteroatoms. The van der Waals surface area contributed by atoms with Crippen molar-refractivity contribution in [2.45, 2.75) is 46.1 Å². The highest BCUT2D eigenvalue weighted by Gasteiger charge is 2.24. The molecule has 0 saturated carbocycles. The molecule has 2 saturated heterocycles. The van der Waals surface area contributed by atoms with Crippen LogP contribution >= 0.6 is 0 Å². The molecule has 166 valence electrons. The summed E-state index contributed by atoms with van der Waals surface area (Å²) in [6, 6.07) is 12.8. The van der Waals surface area contributed by atoms with Crippen LogP contribution in [0, 0.1) is 19.8 Å². The number of aryl methyl sites for hydroxylation is 2. The van der Waals surface area contributed by atoms with E-state index >= 15 is 0 Å². The molecule has 0 unspecified atom stereocenters. The fourth-order valence-corrected chi connectivity index (χ4v) is 4.90. The van der Waals surface area contributed by atoms with Crippen molar-refractivity contribution in [2.75, 3.05) is 44.2 Å². The Balaban J connectivity index is 1.21. The Morgan fingerprint density at radius 3 is 2.61 bits per heavy atom. The van der Waals surface area contributed by atoms with E-state index in [1.54, 1.807) is 0 Å². The molecule has 2 aliphatic rings. The fourth-order valence-electron chi connectivity index (χ4n) is 4.90. The van der Waals surface area contributed by atoms with Gasteiger partial charge in [0.2, 0.25) is 5.91 Å². The Kier molecular flexibility index (Phi) is 7.23. The highest BCUT2D eigenvalue weighted by atomic mass is 16.2. The third-order valence-corrected chi connectivity index (χ3v) is 6.95. The fraction of sp³-hybridized carbons (Fsp3) is 0.538. The van der Waals surface area contributed by atoms with Gasteiger partial charge in [-0.2, -0.15) is 0 Å². The van der Waals surface area contributed by atoms with Gasteiger partial charge in [-0.25, -0.2) is 4.98 Å². The van der Waals surface area contributed by atoms with E-state index < -0.39 is 0 Å². The topological polar surface area (TPSA) is 39.7 Å². The second-order valence-corrected chi connectivity index (χ2v) is 9.26. The molecular formula is C26H36N4O. The van der Waals surface area contributed by atoms with Crippen LogP contribution in [0.4, 0.5) is 5.82 Å². The molecule has 31 heavy (non-hydrogen) atoms. The summed E-state index contributed by atoms with van der Waals surface area (Å²) in [6.45, 7) is 11.0. The van der Waals surface area contributed by atoms with Crippen LogP contribution in [0.15, 0.2) is 42.6 Å². The summed E-state index contributed by atoms with van der Waals surface area (Å²) in [4.78, 5) is 24.1. The molecule has 4 rings (SSSR count). The van der Waals surface area contributed by atoms with Gasteiger partial charge in [0.05, 0.1) is 0 Å².